The largest absolute Gasteiger partial charge is 0.493 e. The number of aryl methyl sites for hydroxylation is 1. The van der Waals surface area contributed by atoms with E-state index in [1.165, 1.54) is 0 Å². The lowest BCUT2D eigenvalue weighted by atomic mass is 10.1. The third kappa shape index (κ3) is 4.03. The van der Waals surface area contributed by atoms with Crippen LogP contribution in [0.3, 0.4) is 0 Å². The molecule has 1 amide bonds. The number of methoxy groups -OCH3 is 2. The highest BCUT2D eigenvalue weighted by Gasteiger charge is 2.15. The van der Waals surface area contributed by atoms with E-state index in [-0.39, 0.29) is 11.9 Å². The highest BCUT2D eigenvalue weighted by molar-refractivity contribution is 5.79. The molecule has 1 heterocycles. The molecule has 1 N–H and O–H groups in total. The van der Waals surface area contributed by atoms with Gasteiger partial charge in [-0.2, -0.15) is 5.10 Å². The Morgan fingerprint density at radius 2 is 2.13 bits per heavy atom. The van der Waals surface area contributed by atoms with E-state index in [0.29, 0.717) is 24.5 Å². The fourth-order valence-electron chi connectivity index (χ4n) is 2.38. The summed E-state index contributed by atoms with van der Waals surface area (Å²) in [4.78, 5) is 12.2. The van der Waals surface area contributed by atoms with E-state index in [4.69, 9.17) is 9.47 Å². The molecule has 6 nitrogen and oxygen atoms in total. The maximum absolute atomic E-state index is 12.2. The van der Waals surface area contributed by atoms with E-state index in [1.807, 2.05) is 38.2 Å². The van der Waals surface area contributed by atoms with Crippen molar-refractivity contribution in [1.82, 2.24) is 15.1 Å². The molecule has 0 aliphatic heterocycles. The third-order valence-electron chi connectivity index (χ3n) is 3.68. The lowest BCUT2D eigenvalue weighted by molar-refractivity contribution is -0.124. The van der Waals surface area contributed by atoms with Crippen LogP contribution in [0.15, 0.2) is 30.6 Å². The number of para-hydroxylation sites is 1. The van der Waals surface area contributed by atoms with Crippen molar-refractivity contribution in [2.24, 2.45) is 0 Å². The molecule has 1 unspecified atom stereocenters. The highest BCUT2D eigenvalue weighted by atomic mass is 16.5. The highest BCUT2D eigenvalue weighted by Crippen LogP contribution is 2.30. The minimum absolute atomic E-state index is 0.0602. The van der Waals surface area contributed by atoms with Gasteiger partial charge in [0.15, 0.2) is 11.5 Å². The second-order valence-electron chi connectivity index (χ2n) is 5.37. The topological polar surface area (TPSA) is 65.4 Å². The van der Waals surface area contributed by atoms with Crippen LogP contribution in [0.25, 0.3) is 0 Å². The number of benzene rings is 1. The van der Waals surface area contributed by atoms with Crippen LogP contribution in [0.2, 0.25) is 0 Å². The van der Waals surface area contributed by atoms with E-state index < -0.39 is 0 Å². The van der Waals surface area contributed by atoms with Crippen LogP contribution in [0.5, 0.6) is 11.5 Å². The number of hydrogen-bond acceptors (Lipinski definition) is 4. The first-order valence-corrected chi connectivity index (χ1v) is 7.55. The van der Waals surface area contributed by atoms with Crippen molar-refractivity contribution < 1.29 is 14.3 Å². The number of nitrogens with zero attached hydrogens (tertiary/aromatic N) is 2. The number of ether oxygens (including phenoxy) is 2. The molecule has 124 valence electrons. The van der Waals surface area contributed by atoms with E-state index in [2.05, 4.69) is 10.4 Å². The smallest absolute Gasteiger partial charge is 0.244 e. The van der Waals surface area contributed by atoms with Gasteiger partial charge in [0.05, 0.1) is 20.4 Å². The molecule has 0 aliphatic carbocycles. The fourth-order valence-corrected chi connectivity index (χ4v) is 2.38. The van der Waals surface area contributed by atoms with Crippen molar-refractivity contribution in [3.05, 3.63) is 41.7 Å². The maximum atomic E-state index is 12.2. The number of rotatable bonds is 7. The average molecular weight is 317 g/mol. The molecule has 23 heavy (non-hydrogen) atoms. The Balaban J connectivity index is 1.93. The molecule has 0 fully saturated rings. The average Bonchev–Trinajstić information content (AvgIpc) is 3.00. The monoisotopic (exact) mass is 317 g/mol. The molecule has 2 aromatic rings. The Morgan fingerprint density at radius 1 is 1.35 bits per heavy atom. The standard InChI is InChI=1S/C17H23N3O3/c1-12-10-19-20(11-12)13(2)17(21)18-9-8-14-6-5-7-15(22-3)16(14)23-4/h5-7,10-11,13H,8-9H2,1-4H3,(H,18,21). The summed E-state index contributed by atoms with van der Waals surface area (Å²) in [5.74, 6) is 1.34. The molecule has 1 aromatic carbocycles. The van der Waals surface area contributed by atoms with Crippen molar-refractivity contribution >= 4 is 5.91 Å². The van der Waals surface area contributed by atoms with E-state index in [9.17, 15) is 4.79 Å². The molecule has 2 rings (SSSR count). The molecule has 0 spiro atoms. The summed E-state index contributed by atoms with van der Waals surface area (Å²) in [6.07, 6.45) is 4.26. The molecular weight excluding hydrogens is 294 g/mol. The lowest BCUT2D eigenvalue weighted by Crippen LogP contribution is -2.32. The van der Waals surface area contributed by atoms with Crippen molar-refractivity contribution in [1.29, 1.82) is 0 Å². The Hall–Kier alpha value is -2.50. The lowest BCUT2D eigenvalue weighted by Gasteiger charge is -2.15. The van der Waals surface area contributed by atoms with E-state index in [0.717, 1.165) is 11.1 Å². The number of amides is 1. The summed E-state index contributed by atoms with van der Waals surface area (Å²) in [6.45, 7) is 4.30. The second-order valence-corrected chi connectivity index (χ2v) is 5.37. The van der Waals surface area contributed by atoms with Gasteiger partial charge in [0.2, 0.25) is 5.91 Å². The van der Waals surface area contributed by atoms with Crippen LogP contribution in [0, 0.1) is 6.92 Å². The van der Waals surface area contributed by atoms with Gasteiger partial charge in [0.25, 0.3) is 0 Å². The first-order chi connectivity index (χ1) is 11.1. The van der Waals surface area contributed by atoms with Gasteiger partial charge >= 0.3 is 0 Å². The zero-order chi connectivity index (χ0) is 16.8. The van der Waals surface area contributed by atoms with Gasteiger partial charge in [-0.05, 0) is 37.5 Å². The van der Waals surface area contributed by atoms with Gasteiger partial charge in [0.1, 0.15) is 6.04 Å². The summed E-state index contributed by atoms with van der Waals surface area (Å²) in [5, 5.41) is 7.10. The van der Waals surface area contributed by atoms with Crippen LogP contribution in [0.4, 0.5) is 0 Å². The van der Waals surface area contributed by atoms with Crippen LogP contribution >= 0.6 is 0 Å². The summed E-state index contributed by atoms with van der Waals surface area (Å²) >= 11 is 0. The van der Waals surface area contributed by atoms with Crippen molar-refractivity contribution in [3.8, 4) is 11.5 Å². The normalized spacial score (nSPS) is 11.8. The van der Waals surface area contributed by atoms with Crippen LogP contribution in [-0.4, -0.2) is 36.5 Å². The predicted molar refractivity (Wildman–Crippen MR) is 87.9 cm³/mol. The zero-order valence-electron chi connectivity index (χ0n) is 14.0. The molecular formula is C17H23N3O3. The minimum Gasteiger partial charge on any atom is -0.493 e. The van der Waals surface area contributed by atoms with Gasteiger partial charge < -0.3 is 14.8 Å². The summed E-state index contributed by atoms with van der Waals surface area (Å²) in [6, 6.07) is 5.39. The number of hydrogen-bond donors (Lipinski definition) is 1. The zero-order valence-corrected chi connectivity index (χ0v) is 14.0. The SMILES string of the molecule is COc1cccc(CCNC(=O)C(C)n2cc(C)cn2)c1OC. The molecule has 0 saturated heterocycles. The molecule has 0 saturated carbocycles. The van der Waals surface area contributed by atoms with Crippen LogP contribution in [-0.2, 0) is 11.2 Å². The van der Waals surface area contributed by atoms with Crippen molar-refractivity contribution in [2.45, 2.75) is 26.3 Å². The van der Waals surface area contributed by atoms with Crippen molar-refractivity contribution in [2.75, 3.05) is 20.8 Å². The van der Waals surface area contributed by atoms with E-state index in [1.54, 1.807) is 25.1 Å². The molecule has 1 aromatic heterocycles. The minimum atomic E-state index is -0.337. The first kappa shape index (κ1) is 16.9. The van der Waals surface area contributed by atoms with E-state index >= 15 is 0 Å². The number of nitrogens with one attached hydrogen (secondary N) is 1. The summed E-state index contributed by atoms with van der Waals surface area (Å²) in [7, 11) is 3.22. The Kier molecular flexibility index (Phi) is 5.62. The van der Waals surface area contributed by atoms with Crippen LogP contribution in [0.1, 0.15) is 24.1 Å². The molecule has 6 heteroatoms. The molecule has 1 atom stereocenters. The van der Waals surface area contributed by atoms with Crippen LogP contribution < -0.4 is 14.8 Å². The predicted octanol–water partition coefficient (Wildman–Crippen LogP) is 2.13. The van der Waals surface area contributed by atoms with Gasteiger partial charge in [-0.15, -0.1) is 0 Å². The molecule has 0 radical (unpaired) electrons. The maximum Gasteiger partial charge on any atom is 0.244 e. The number of carbonyl (C=O) groups is 1. The Morgan fingerprint density at radius 3 is 2.74 bits per heavy atom. The quantitative estimate of drug-likeness (QED) is 0.849. The van der Waals surface area contributed by atoms with Gasteiger partial charge in [-0.1, -0.05) is 12.1 Å². The third-order valence-corrected chi connectivity index (χ3v) is 3.68. The number of carbonyl (C=O) groups excluding carboxylic acids is 1. The Bertz CT molecular complexity index is 667. The Labute approximate surface area is 136 Å². The van der Waals surface area contributed by atoms with Gasteiger partial charge in [0, 0.05) is 12.7 Å². The van der Waals surface area contributed by atoms with Gasteiger partial charge in [-0.25, -0.2) is 0 Å². The van der Waals surface area contributed by atoms with Crippen molar-refractivity contribution in [3.63, 3.8) is 0 Å². The fraction of sp³-hybridized carbons (Fsp3) is 0.412. The summed E-state index contributed by atoms with van der Waals surface area (Å²) < 4.78 is 12.3. The van der Waals surface area contributed by atoms with Gasteiger partial charge in [-0.3, -0.25) is 9.48 Å². The second kappa shape index (κ2) is 7.67. The number of aromatic nitrogens is 2. The molecule has 0 aliphatic rings. The summed E-state index contributed by atoms with van der Waals surface area (Å²) in [5.41, 5.74) is 2.03. The molecule has 0 bridgehead atoms. The first-order valence-electron chi connectivity index (χ1n) is 7.55.